The molecule has 0 aromatic heterocycles. The lowest BCUT2D eigenvalue weighted by molar-refractivity contribution is -0.130. The second kappa shape index (κ2) is 14.6. The second-order valence-electron chi connectivity index (χ2n) is 9.28. The van der Waals surface area contributed by atoms with Crippen LogP contribution in [0.25, 0.3) is 0 Å². The molecule has 4 aromatic carbocycles. The van der Waals surface area contributed by atoms with E-state index in [1.807, 2.05) is 0 Å². The summed E-state index contributed by atoms with van der Waals surface area (Å²) in [6.07, 6.45) is -1.59. The van der Waals surface area contributed by atoms with Crippen molar-refractivity contribution in [3.8, 4) is 11.5 Å². The zero-order valence-corrected chi connectivity index (χ0v) is 23.6. The summed E-state index contributed by atoms with van der Waals surface area (Å²) in [7, 11) is -0.0146. The Kier molecular flexibility index (Phi) is 11.2. The number of alkyl halides is 4. The van der Waals surface area contributed by atoms with Crippen molar-refractivity contribution >= 4 is 16.9 Å². The highest BCUT2D eigenvalue weighted by molar-refractivity contribution is 7.97. The van der Waals surface area contributed by atoms with Crippen LogP contribution in [-0.4, -0.2) is 24.4 Å². The Morgan fingerprint density at radius 2 is 1.10 bits per heavy atom. The van der Waals surface area contributed by atoms with E-state index in [4.69, 9.17) is 9.47 Å². The van der Waals surface area contributed by atoms with E-state index in [-0.39, 0.29) is 28.0 Å². The van der Waals surface area contributed by atoms with Gasteiger partial charge in [-0.2, -0.15) is 0 Å². The second-order valence-corrected chi connectivity index (χ2v) is 11.3. The topological polar surface area (TPSA) is 35.5 Å². The molecular formula is C33H31F4O3S+. The molecule has 0 unspecified atom stereocenters. The first-order valence-electron chi connectivity index (χ1n) is 12.7. The maximum absolute atomic E-state index is 13.3. The fourth-order valence-electron chi connectivity index (χ4n) is 3.57. The molecule has 41 heavy (non-hydrogen) atoms. The van der Waals surface area contributed by atoms with Gasteiger partial charge in [-0.3, -0.25) is 0 Å². The Balaban J connectivity index is 0.000000227. The molecule has 0 radical (unpaired) electrons. The van der Waals surface area contributed by atoms with Gasteiger partial charge in [0.25, 0.3) is 11.8 Å². The quantitative estimate of drug-likeness (QED) is 0.0615. The number of carbonyl (C=O) groups excluding carboxylic acids is 1. The molecule has 0 heterocycles. The van der Waals surface area contributed by atoms with Gasteiger partial charge in [-0.25, -0.2) is 22.4 Å². The summed E-state index contributed by atoms with van der Waals surface area (Å²) in [4.78, 5) is 15.3. The van der Waals surface area contributed by atoms with E-state index in [9.17, 15) is 22.4 Å². The van der Waals surface area contributed by atoms with Crippen LogP contribution in [0, 0.1) is 0 Å². The number of esters is 1. The van der Waals surface area contributed by atoms with Crippen LogP contribution in [0.2, 0.25) is 0 Å². The van der Waals surface area contributed by atoms with Crippen molar-refractivity contribution in [1.29, 1.82) is 0 Å². The van der Waals surface area contributed by atoms with Crippen LogP contribution in [0.1, 0.15) is 20.3 Å². The highest BCUT2D eigenvalue weighted by Crippen LogP contribution is 2.32. The van der Waals surface area contributed by atoms with Crippen molar-refractivity contribution < 1.29 is 31.8 Å². The molecule has 0 fully saturated rings. The molecule has 214 valence electrons. The number of benzene rings is 4. The van der Waals surface area contributed by atoms with Gasteiger partial charge < -0.3 is 9.47 Å². The summed E-state index contributed by atoms with van der Waals surface area (Å²) >= 11 is 0. The van der Waals surface area contributed by atoms with Crippen LogP contribution in [-0.2, 0) is 15.7 Å². The van der Waals surface area contributed by atoms with Gasteiger partial charge in [-0.15, -0.1) is 0 Å². The van der Waals surface area contributed by atoms with Crippen LogP contribution in [0.15, 0.2) is 142 Å². The third kappa shape index (κ3) is 10.8. The first-order chi connectivity index (χ1) is 19.4. The Morgan fingerprint density at radius 3 is 1.46 bits per heavy atom. The average Bonchev–Trinajstić information content (AvgIpc) is 2.94. The standard InChI is InChI=1S/C18H15S.C15H16F4O3/c1-4-10-16(11-5-1)19(17-12-6-2-7-13-17)18-14-8-3-9-15-18;1-10(2)13(20)22-12-6-4-11(5-7-12)21-9-15(18,19)8-14(3,16)17/h1-15H;4-7H,1,8-9H2,2-3H3/q+1;. The fraction of sp³-hybridized carbons (Fsp3) is 0.182. The molecule has 0 aliphatic carbocycles. The summed E-state index contributed by atoms with van der Waals surface area (Å²) < 4.78 is 61.4. The van der Waals surface area contributed by atoms with Crippen molar-refractivity contribution in [1.82, 2.24) is 0 Å². The zero-order chi connectivity index (χ0) is 29.9. The van der Waals surface area contributed by atoms with Crippen LogP contribution in [0.5, 0.6) is 11.5 Å². The zero-order valence-electron chi connectivity index (χ0n) is 22.7. The summed E-state index contributed by atoms with van der Waals surface area (Å²) in [6, 6.07) is 37.4. The van der Waals surface area contributed by atoms with E-state index in [0.29, 0.717) is 6.92 Å². The van der Waals surface area contributed by atoms with E-state index >= 15 is 0 Å². The lowest BCUT2D eigenvalue weighted by Gasteiger charge is -2.20. The molecule has 0 aliphatic heterocycles. The van der Waals surface area contributed by atoms with Gasteiger partial charge in [0.1, 0.15) is 11.5 Å². The third-order valence-corrected chi connectivity index (χ3v) is 7.57. The highest BCUT2D eigenvalue weighted by atomic mass is 32.2. The number of halogens is 4. The molecule has 4 aromatic rings. The molecule has 0 N–H and O–H groups in total. The summed E-state index contributed by atoms with van der Waals surface area (Å²) in [6.45, 7) is 4.15. The summed E-state index contributed by atoms with van der Waals surface area (Å²) in [5.74, 6) is -7.51. The molecule has 0 bridgehead atoms. The molecule has 0 amide bonds. The molecule has 0 saturated heterocycles. The third-order valence-electron chi connectivity index (χ3n) is 5.34. The molecular weight excluding hydrogens is 552 g/mol. The summed E-state index contributed by atoms with van der Waals surface area (Å²) in [5.41, 5.74) is 0.209. The Bertz CT molecular complexity index is 1280. The van der Waals surface area contributed by atoms with Gasteiger partial charge in [-0.1, -0.05) is 61.2 Å². The van der Waals surface area contributed by atoms with E-state index in [1.54, 1.807) is 0 Å². The van der Waals surface area contributed by atoms with E-state index in [1.165, 1.54) is 45.9 Å². The van der Waals surface area contributed by atoms with Gasteiger partial charge in [0, 0.05) is 5.57 Å². The Labute approximate surface area is 240 Å². The van der Waals surface area contributed by atoms with Gasteiger partial charge in [0.2, 0.25) is 0 Å². The van der Waals surface area contributed by atoms with Crippen molar-refractivity contribution in [2.45, 2.75) is 46.8 Å². The lowest BCUT2D eigenvalue weighted by atomic mass is 10.1. The van der Waals surface area contributed by atoms with Gasteiger partial charge in [0.15, 0.2) is 21.3 Å². The van der Waals surface area contributed by atoms with Crippen LogP contribution in [0.3, 0.4) is 0 Å². The Morgan fingerprint density at radius 1 is 0.707 bits per heavy atom. The van der Waals surface area contributed by atoms with Crippen molar-refractivity contribution in [3.63, 3.8) is 0 Å². The van der Waals surface area contributed by atoms with Gasteiger partial charge in [-0.05, 0) is 74.5 Å². The van der Waals surface area contributed by atoms with Crippen LogP contribution >= 0.6 is 0 Å². The monoisotopic (exact) mass is 583 g/mol. The minimum Gasteiger partial charge on any atom is -0.487 e. The molecule has 3 nitrogen and oxygen atoms in total. The fourth-order valence-corrected chi connectivity index (χ4v) is 5.67. The predicted octanol–water partition coefficient (Wildman–Crippen LogP) is 9.01. The van der Waals surface area contributed by atoms with Crippen LogP contribution in [0.4, 0.5) is 17.6 Å². The van der Waals surface area contributed by atoms with Crippen molar-refractivity contribution in [2.24, 2.45) is 0 Å². The molecule has 8 heteroatoms. The van der Waals surface area contributed by atoms with E-state index in [2.05, 4.69) is 97.6 Å². The van der Waals surface area contributed by atoms with Crippen molar-refractivity contribution in [3.05, 3.63) is 127 Å². The predicted molar refractivity (Wildman–Crippen MR) is 154 cm³/mol. The largest absolute Gasteiger partial charge is 0.487 e. The number of carbonyl (C=O) groups is 1. The Hall–Kier alpha value is -4.04. The highest BCUT2D eigenvalue weighted by Gasteiger charge is 2.40. The van der Waals surface area contributed by atoms with E-state index < -0.39 is 30.8 Å². The first kappa shape index (κ1) is 31.5. The molecule has 0 saturated carbocycles. The first-order valence-corrected chi connectivity index (χ1v) is 13.9. The maximum atomic E-state index is 13.3. The molecule has 0 spiro atoms. The SMILES string of the molecule is C=C(C)C(=O)Oc1ccc(OCC(F)(F)CC(C)(F)F)cc1.c1ccc([S+](c2ccccc2)c2ccccc2)cc1. The van der Waals surface area contributed by atoms with Gasteiger partial charge in [0.05, 0.1) is 17.3 Å². The van der Waals surface area contributed by atoms with Crippen LogP contribution < -0.4 is 9.47 Å². The van der Waals surface area contributed by atoms with Gasteiger partial charge >= 0.3 is 5.97 Å². The van der Waals surface area contributed by atoms with E-state index in [0.717, 1.165) is 0 Å². The molecule has 0 atom stereocenters. The summed E-state index contributed by atoms with van der Waals surface area (Å²) in [5, 5.41) is 0. The minimum atomic E-state index is -3.65. The molecule has 4 rings (SSSR count). The number of rotatable bonds is 10. The maximum Gasteiger partial charge on any atom is 0.338 e. The minimum absolute atomic E-state index is 0.0146. The number of hydrogen-bond donors (Lipinski definition) is 0. The number of ether oxygens (including phenoxy) is 2. The normalized spacial score (nSPS) is 11.3. The lowest BCUT2D eigenvalue weighted by Crippen LogP contribution is -2.32. The molecule has 0 aliphatic rings. The average molecular weight is 584 g/mol. The smallest absolute Gasteiger partial charge is 0.338 e. The van der Waals surface area contributed by atoms with Crippen molar-refractivity contribution in [2.75, 3.05) is 6.61 Å². The number of hydrogen-bond acceptors (Lipinski definition) is 3.